The van der Waals surface area contributed by atoms with Crippen LogP contribution in [-0.4, -0.2) is 17.2 Å². The smallest absolute Gasteiger partial charge is 0.0834 e. The molecule has 0 N–H and O–H groups in total. The number of rotatable bonds is 5. The van der Waals surface area contributed by atoms with Crippen LogP contribution in [0.1, 0.15) is 0 Å². The van der Waals surface area contributed by atoms with E-state index >= 15 is 8.78 Å². The quantitative estimate of drug-likeness (QED) is 0.170. The van der Waals surface area contributed by atoms with E-state index in [2.05, 4.69) is 16.3 Å². The second-order valence-corrected chi connectivity index (χ2v) is 10.0. The van der Waals surface area contributed by atoms with Gasteiger partial charge in [0, 0.05) is 47.6 Å². The molecular weight excluding hydrogens is 735 g/mol. The molecule has 5 aromatic carbocycles. The Morgan fingerprint density at radius 1 is 0.545 bits per heavy atom. The van der Waals surface area contributed by atoms with Gasteiger partial charge >= 0.3 is 0 Å². The molecule has 2 aliphatic heterocycles. The van der Waals surface area contributed by atoms with Crippen LogP contribution in [0.25, 0.3) is 27.5 Å². The zero-order valence-electron chi connectivity index (χ0n) is 22.9. The Labute approximate surface area is 265 Å². The minimum atomic E-state index is -0.776. The molecule has 0 radical (unpaired) electrons. The van der Waals surface area contributed by atoms with Gasteiger partial charge in [-0.25, -0.2) is 0 Å². The van der Waals surface area contributed by atoms with Crippen LogP contribution in [0.5, 0.6) is 0 Å². The van der Waals surface area contributed by atoms with E-state index in [4.69, 9.17) is 0 Å². The van der Waals surface area contributed by atoms with Gasteiger partial charge in [-0.1, -0.05) is 84.2 Å². The first-order valence-electron chi connectivity index (χ1n) is 13.6. The maximum Gasteiger partial charge on any atom is 0.0834 e. The summed E-state index contributed by atoms with van der Waals surface area (Å²) in [5.74, 6) is -1.55. The van der Waals surface area contributed by atoms with Gasteiger partial charge in [-0.15, -0.1) is 19.4 Å². The summed E-state index contributed by atoms with van der Waals surface area (Å²) in [6.45, 7) is 3.28. The van der Waals surface area contributed by atoms with Gasteiger partial charge in [0.1, 0.15) is 0 Å². The SMILES string of the molecule is Fc1c(N2C=NN(c3ccccc3)[CH-]2)[c-]c(N2C=NN(c3ccccc3)[CH-]2)c(F)c1-n1c2ccccc2c2ccccc21.[Os]. The molecule has 0 atom stereocenters. The van der Waals surface area contributed by atoms with Gasteiger partial charge < -0.3 is 24.4 Å². The van der Waals surface area contributed by atoms with Crippen molar-refractivity contribution in [2.45, 2.75) is 0 Å². The summed E-state index contributed by atoms with van der Waals surface area (Å²) in [7, 11) is 0. The number of hydrogen-bond donors (Lipinski definition) is 0. The molecule has 0 saturated carbocycles. The molecule has 1 aromatic heterocycles. The number of para-hydroxylation sites is 4. The fourth-order valence-corrected chi connectivity index (χ4v) is 5.49. The van der Waals surface area contributed by atoms with E-state index in [1.54, 1.807) is 27.9 Å². The van der Waals surface area contributed by atoms with E-state index in [1.165, 1.54) is 22.5 Å². The molecule has 7 nitrogen and oxygen atoms in total. The summed E-state index contributed by atoms with van der Waals surface area (Å²) < 4.78 is 35.3. The first-order valence-corrected chi connectivity index (χ1v) is 13.6. The molecule has 0 bridgehead atoms. The van der Waals surface area contributed by atoms with Crippen molar-refractivity contribution < 1.29 is 28.6 Å². The van der Waals surface area contributed by atoms with Crippen LogP contribution in [0.4, 0.5) is 31.5 Å². The molecule has 44 heavy (non-hydrogen) atoms. The van der Waals surface area contributed by atoms with Crippen molar-refractivity contribution in [3.63, 3.8) is 0 Å². The molecule has 8 rings (SSSR count). The molecule has 0 aliphatic carbocycles. The number of nitrogens with zero attached hydrogens (tertiary/aromatic N) is 7. The normalized spacial score (nSPS) is 14.3. The van der Waals surface area contributed by atoms with Gasteiger partial charge in [-0.05, 0) is 36.4 Å². The van der Waals surface area contributed by atoms with E-state index in [0.717, 1.165) is 22.1 Å². The van der Waals surface area contributed by atoms with Crippen molar-refractivity contribution in [2.75, 3.05) is 19.8 Å². The van der Waals surface area contributed by atoms with Gasteiger partial charge in [0.25, 0.3) is 0 Å². The summed E-state index contributed by atoms with van der Waals surface area (Å²) in [6, 6.07) is 37.2. The van der Waals surface area contributed by atoms with E-state index in [0.29, 0.717) is 11.0 Å². The van der Waals surface area contributed by atoms with Crippen molar-refractivity contribution in [3.8, 4) is 5.69 Å². The predicted molar refractivity (Wildman–Crippen MR) is 168 cm³/mol. The number of hydrazone groups is 2. The van der Waals surface area contributed by atoms with Crippen molar-refractivity contribution >= 4 is 57.2 Å². The van der Waals surface area contributed by atoms with Crippen molar-refractivity contribution in [1.82, 2.24) is 4.57 Å². The summed E-state index contributed by atoms with van der Waals surface area (Å²) in [4.78, 5) is 3.01. The molecule has 6 aromatic rings. The second kappa shape index (κ2) is 11.2. The van der Waals surface area contributed by atoms with E-state index in [-0.39, 0.29) is 36.9 Å². The molecule has 2 aliphatic rings. The number of aromatic nitrogens is 1. The minimum absolute atomic E-state index is 0. The third-order valence-electron chi connectivity index (χ3n) is 7.50. The molecular formula is C34H22F2N7Os-3. The third-order valence-corrected chi connectivity index (χ3v) is 7.50. The van der Waals surface area contributed by atoms with Crippen LogP contribution in [0, 0.1) is 31.0 Å². The fraction of sp³-hybridized carbons (Fsp3) is 0. The average molecular weight is 757 g/mol. The summed E-state index contributed by atoms with van der Waals surface area (Å²) in [5.41, 5.74) is 2.75. The molecule has 3 heterocycles. The molecule has 0 unspecified atom stereocenters. The first-order chi connectivity index (χ1) is 21.2. The largest absolute Gasteiger partial charge is 0.481 e. The number of anilines is 4. The van der Waals surface area contributed by atoms with Crippen LogP contribution in [0.2, 0.25) is 0 Å². The Morgan fingerprint density at radius 3 is 1.41 bits per heavy atom. The van der Waals surface area contributed by atoms with Crippen LogP contribution in [0.3, 0.4) is 0 Å². The summed E-state index contributed by atoms with van der Waals surface area (Å²) in [5, 5.41) is 13.9. The standard InChI is InChI=1S/C34H22F2N7.Os/c35-32-30(39-20-37-41(22-39)24-11-3-1-4-12-24)19-31(40-21-38-42(23-40)25-13-5-2-6-14-25)33(36)34(32)43-28-17-9-7-15-26(28)27-16-8-10-18-29(27)43;/h1-18,20-23H;/q-3;. The number of hydrogen-bond acceptors (Lipinski definition) is 6. The Bertz CT molecular complexity index is 1910. The molecule has 0 spiro atoms. The number of fused-ring (bicyclic) bond motifs is 3. The van der Waals surface area contributed by atoms with Crippen LogP contribution in [-0.2, 0) is 19.8 Å². The Kier molecular flexibility index (Phi) is 7.07. The summed E-state index contributed by atoms with van der Waals surface area (Å²) >= 11 is 0. The van der Waals surface area contributed by atoms with Crippen molar-refractivity contribution in [1.29, 1.82) is 0 Å². The van der Waals surface area contributed by atoms with Gasteiger partial charge in [-0.3, -0.25) is 8.78 Å². The van der Waals surface area contributed by atoms with E-state index in [9.17, 15) is 0 Å². The zero-order chi connectivity index (χ0) is 28.9. The van der Waals surface area contributed by atoms with Crippen LogP contribution in [0.15, 0.2) is 119 Å². The summed E-state index contributed by atoms with van der Waals surface area (Å²) in [6.07, 6.45) is 2.97. The first kappa shape index (κ1) is 27.8. The number of benzene rings is 5. The Morgan fingerprint density at radius 2 is 0.955 bits per heavy atom. The molecule has 0 saturated heterocycles. The van der Waals surface area contributed by atoms with Crippen molar-refractivity contribution in [2.24, 2.45) is 10.2 Å². The van der Waals surface area contributed by atoms with Gasteiger partial charge in [0.2, 0.25) is 0 Å². The third kappa shape index (κ3) is 4.50. The Balaban J connectivity index is 0.00000312. The van der Waals surface area contributed by atoms with Gasteiger partial charge in [-0.2, -0.15) is 10.2 Å². The van der Waals surface area contributed by atoms with E-state index in [1.807, 2.05) is 109 Å². The second-order valence-electron chi connectivity index (χ2n) is 10.0. The minimum Gasteiger partial charge on any atom is -0.481 e. The molecule has 0 amide bonds. The van der Waals surface area contributed by atoms with Crippen LogP contribution < -0.4 is 19.8 Å². The molecule has 0 fully saturated rings. The maximum atomic E-state index is 16.8. The average Bonchev–Trinajstić information content (AvgIpc) is 3.81. The molecule has 218 valence electrons. The maximum absolute atomic E-state index is 16.8. The fourth-order valence-electron chi connectivity index (χ4n) is 5.49. The van der Waals surface area contributed by atoms with Gasteiger partial charge in [0.05, 0.1) is 35.3 Å². The van der Waals surface area contributed by atoms with Crippen LogP contribution >= 0.6 is 0 Å². The van der Waals surface area contributed by atoms with Crippen molar-refractivity contribution in [3.05, 3.63) is 140 Å². The topological polar surface area (TPSA) is 42.6 Å². The Hall–Kier alpha value is -5.06. The number of halogens is 2. The molecule has 10 heteroatoms. The van der Waals surface area contributed by atoms with Gasteiger partial charge in [0.15, 0.2) is 0 Å². The zero-order valence-corrected chi connectivity index (χ0v) is 25.5. The monoisotopic (exact) mass is 758 g/mol. The predicted octanol–water partition coefficient (Wildman–Crippen LogP) is 7.64. The van der Waals surface area contributed by atoms with E-state index < -0.39 is 11.6 Å².